The van der Waals surface area contributed by atoms with E-state index in [2.05, 4.69) is 204 Å². The van der Waals surface area contributed by atoms with Gasteiger partial charge in [-0.1, -0.05) is 121 Å². The Balaban J connectivity index is 1.19. The standard InChI is InChI=1S/C50H34N2O/c1-4-14-35(15-5-1)37-16-12-21-41(30-37)52(43-23-13-22-42(32-43)51(39-17-6-2-7-18-39)40-19-8-3-9-20-40)44-29-28-36-26-27-38-31-50-48(34-47(38)46(36)33-44)45-24-10-11-25-49(45)53-50/h1-34H. The van der Waals surface area contributed by atoms with Gasteiger partial charge in [-0.25, -0.2) is 0 Å². The third kappa shape index (κ3) is 5.56. The first-order valence-electron chi connectivity index (χ1n) is 18.0. The van der Waals surface area contributed by atoms with Crippen LogP contribution in [-0.2, 0) is 0 Å². The van der Waals surface area contributed by atoms with Gasteiger partial charge in [0.15, 0.2) is 0 Å². The molecule has 10 rings (SSSR count). The SMILES string of the molecule is c1ccc(-c2cccc(N(c3cccc(N(c4ccccc4)c4ccccc4)c3)c3ccc4ccc5cc6oc7ccccc7c6cc5c4c3)c2)cc1. The highest BCUT2D eigenvalue weighted by molar-refractivity contribution is 6.17. The molecule has 0 bridgehead atoms. The Labute approximate surface area is 308 Å². The summed E-state index contributed by atoms with van der Waals surface area (Å²) < 4.78 is 6.28. The van der Waals surface area contributed by atoms with Crippen molar-refractivity contribution >= 4 is 77.6 Å². The van der Waals surface area contributed by atoms with Gasteiger partial charge >= 0.3 is 0 Å². The second-order valence-corrected chi connectivity index (χ2v) is 13.4. The normalized spacial score (nSPS) is 11.4. The minimum absolute atomic E-state index is 0.909. The molecule has 53 heavy (non-hydrogen) atoms. The number of hydrogen-bond acceptors (Lipinski definition) is 3. The number of anilines is 6. The van der Waals surface area contributed by atoms with Crippen molar-refractivity contribution in [1.82, 2.24) is 0 Å². The van der Waals surface area contributed by atoms with Crippen LogP contribution in [0.4, 0.5) is 34.1 Å². The number of para-hydroxylation sites is 3. The summed E-state index contributed by atoms with van der Waals surface area (Å²) in [6, 6.07) is 73.5. The van der Waals surface area contributed by atoms with Crippen molar-refractivity contribution < 1.29 is 4.42 Å². The highest BCUT2D eigenvalue weighted by Crippen LogP contribution is 2.43. The van der Waals surface area contributed by atoms with Gasteiger partial charge in [-0.15, -0.1) is 0 Å². The Morgan fingerprint density at radius 3 is 1.51 bits per heavy atom. The molecule has 3 heteroatoms. The lowest BCUT2D eigenvalue weighted by atomic mass is 9.98. The topological polar surface area (TPSA) is 19.6 Å². The van der Waals surface area contributed by atoms with Crippen LogP contribution in [0.1, 0.15) is 0 Å². The maximum Gasteiger partial charge on any atom is 0.136 e. The maximum atomic E-state index is 6.28. The molecule has 0 atom stereocenters. The van der Waals surface area contributed by atoms with Crippen LogP contribution in [0.15, 0.2) is 211 Å². The van der Waals surface area contributed by atoms with E-state index in [4.69, 9.17) is 4.42 Å². The number of hydrogen-bond donors (Lipinski definition) is 0. The number of rotatable bonds is 7. The van der Waals surface area contributed by atoms with E-state index in [0.717, 1.165) is 61.4 Å². The van der Waals surface area contributed by atoms with E-state index in [1.54, 1.807) is 0 Å². The molecule has 0 saturated carbocycles. The fourth-order valence-electron chi connectivity index (χ4n) is 7.67. The lowest BCUT2D eigenvalue weighted by Gasteiger charge is -2.30. The van der Waals surface area contributed by atoms with E-state index in [1.165, 1.54) is 27.3 Å². The first-order valence-corrected chi connectivity index (χ1v) is 18.0. The Morgan fingerprint density at radius 1 is 0.264 bits per heavy atom. The zero-order chi connectivity index (χ0) is 35.1. The van der Waals surface area contributed by atoms with Crippen LogP contribution in [0, 0.1) is 0 Å². The molecule has 0 N–H and O–H groups in total. The summed E-state index contributed by atoms with van der Waals surface area (Å²) in [4.78, 5) is 4.70. The largest absolute Gasteiger partial charge is 0.456 e. The highest BCUT2D eigenvalue weighted by atomic mass is 16.3. The maximum absolute atomic E-state index is 6.28. The molecule has 0 unspecified atom stereocenters. The summed E-state index contributed by atoms with van der Waals surface area (Å²) in [5.41, 5.74) is 10.7. The summed E-state index contributed by atoms with van der Waals surface area (Å²) in [6.45, 7) is 0. The van der Waals surface area contributed by atoms with E-state index >= 15 is 0 Å². The summed E-state index contributed by atoms with van der Waals surface area (Å²) >= 11 is 0. The molecule has 0 amide bonds. The van der Waals surface area contributed by atoms with Crippen molar-refractivity contribution in [2.24, 2.45) is 0 Å². The zero-order valence-electron chi connectivity index (χ0n) is 28.9. The average Bonchev–Trinajstić information content (AvgIpc) is 3.59. The second-order valence-electron chi connectivity index (χ2n) is 13.4. The quantitative estimate of drug-likeness (QED) is 0.156. The Kier molecular flexibility index (Phi) is 7.47. The lowest BCUT2D eigenvalue weighted by Crippen LogP contribution is -2.13. The van der Waals surface area contributed by atoms with Crippen LogP contribution in [-0.4, -0.2) is 0 Å². The molecule has 0 aliphatic heterocycles. The van der Waals surface area contributed by atoms with Crippen LogP contribution in [0.25, 0.3) is 54.6 Å². The first-order chi connectivity index (χ1) is 26.3. The van der Waals surface area contributed by atoms with Crippen molar-refractivity contribution in [3.8, 4) is 11.1 Å². The van der Waals surface area contributed by atoms with Crippen molar-refractivity contribution in [3.63, 3.8) is 0 Å². The second kappa shape index (κ2) is 12.9. The molecule has 0 aliphatic carbocycles. The number of fused-ring (bicyclic) bond motifs is 6. The molecule has 0 radical (unpaired) electrons. The van der Waals surface area contributed by atoms with E-state index in [-0.39, 0.29) is 0 Å². The molecule has 10 aromatic rings. The molecule has 9 aromatic carbocycles. The van der Waals surface area contributed by atoms with Crippen LogP contribution < -0.4 is 9.80 Å². The van der Waals surface area contributed by atoms with E-state index < -0.39 is 0 Å². The molecule has 0 saturated heterocycles. The van der Waals surface area contributed by atoms with E-state index in [9.17, 15) is 0 Å². The van der Waals surface area contributed by atoms with Gasteiger partial charge in [0, 0.05) is 44.9 Å². The Morgan fingerprint density at radius 2 is 0.774 bits per heavy atom. The van der Waals surface area contributed by atoms with Crippen LogP contribution in [0.2, 0.25) is 0 Å². The summed E-state index contributed by atoms with van der Waals surface area (Å²) in [5, 5.41) is 7.02. The fourth-order valence-corrected chi connectivity index (χ4v) is 7.67. The third-order valence-corrected chi connectivity index (χ3v) is 10.2. The lowest BCUT2D eigenvalue weighted by molar-refractivity contribution is 0.669. The summed E-state index contributed by atoms with van der Waals surface area (Å²) in [6.07, 6.45) is 0. The number of benzene rings is 9. The van der Waals surface area contributed by atoms with Crippen molar-refractivity contribution in [2.75, 3.05) is 9.80 Å². The Bertz CT molecular complexity index is 2860. The molecule has 1 heterocycles. The molecule has 250 valence electrons. The van der Waals surface area contributed by atoms with Gasteiger partial charge in [-0.05, 0) is 118 Å². The van der Waals surface area contributed by atoms with Crippen molar-refractivity contribution in [2.45, 2.75) is 0 Å². The number of furan rings is 1. The molecular formula is C50H34N2O. The van der Waals surface area contributed by atoms with Crippen LogP contribution in [0.3, 0.4) is 0 Å². The molecule has 0 aliphatic rings. The fraction of sp³-hybridized carbons (Fsp3) is 0. The molecule has 0 fully saturated rings. The van der Waals surface area contributed by atoms with E-state index in [0.29, 0.717) is 0 Å². The zero-order valence-corrected chi connectivity index (χ0v) is 28.9. The van der Waals surface area contributed by atoms with Gasteiger partial charge < -0.3 is 14.2 Å². The minimum Gasteiger partial charge on any atom is -0.456 e. The van der Waals surface area contributed by atoms with Crippen LogP contribution >= 0.6 is 0 Å². The summed E-state index contributed by atoms with van der Waals surface area (Å²) in [7, 11) is 0. The van der Waals surface area contributed by atoms with Crippen molar-refractivity contribution in [1.29, 1.82) is 0 Å². The van der Waals surface area contributed by atoms with Gasteiger partial charge in [0.1, 0.15) is 11.2 Å². The highest BCUT2D eigenvalue weighted by Gasteiger charge is 2.19. The Hall–Kier alpha value is -7.10. The molecule has 0 spiro atoms. The van der Waals surface area contributed by atoms with Gasteiger partial charge in [0.05, 0.1) is 0 Å². The van der Waals surface area contributed by atoms with E-state index in [1.807, 2.05) is 12.1 Å². The monoisotopic (exact) mass is 678 g/mol. The van der Waals surface area contributed by atoms with Crippen LogP contribution in [0.5, 0.6) is 0 Å². The van der Waals surface area contributed by atoms with Gasteiger partial charge in [0.25, 0.3) is 0 Å². The van der Waals surface area contributed by atoms with Gasteiger partial charge in [0.2, 0.25) is 0 Å². The molecule has 1 aromatic heterocycles. The predicted molar refractivity (Wildman–Crippen MR) is 224 cm³/mol. The predicted octanol–water partition coefficient (Wildman–Crippen LogP) is 14.5. The minimum atomic E-state index is 0.909. The molecular weight excluding hydrogens is 645 g/mol. The molecule has 3 nitrogen and oxygen atoms in total. The smallest absolute Gasteiger partial charge is 0.136 e. The van der Waals surface area contributed by atoms with Gasteiger partial charge in [-0.2, -0.15) is 0 Å². The first kappa shape index (κ1) is 30.7. The number of nitrogens with zero attached hydrogens (tertiary/aromatic N) is 2. The van der Waals surface area contributed by atoms with Crippen molar-refractivity contribution in [3.05, 3.63) is 206 Å². The van der Waals surface area contributed by atoms with Gasteiger partial charge in [-0.3, -0.25) is 0 Å². The average molecular weight is 679 g/mol. The third-order valence-electron chi connectivity index (χ3n) is 10.2. The summed E-state index contributed by atoms with van der Waals surface area (Å²) in [5.74, 6) is 0.